The Morgan fingerprint density at radius 3 is 2.71 bits per heavy atom. The van der Waals surface area contributed by atoms with Crippen molar-refractivity contribution in [2.24, 2.45) is 0 Å². The number of methoxy groups -OCH3 is 1. The van der Waals surface area contributed by atoms with Crippen molar-refractivity contribution in [3.63, 3.8) is 0 Å². The first kappa shape index (κ1) is 18.2. The third kappa shape index (κ3) is 3.91. The second kappa shape index (κ2) is 7.84. The number of nitrogens with zero attached hydrogens (tertiary/aromatic N) is 4. The lowest BCUT2D eigenvalue weighted by molar-refractivity contribution is 0.0790. The van der Waals surface area contributed by atoms with Gasteiger partial charge >= 0.3 is 0 Å². The second-order valence-electron chi connectivity index (χ2n) is 7.17. The third-order valence-corrected chi connectivity index (χ3v) is 5.08. The minimum atomic E-state index is -0.0578. The Hall–Kier alpha value is -3.15. The highest BCUT2D eigenvalue weighted by atomic mass is 16.5. The number of hydrogen-bond donors (Lipinski definition) is 0. The predicted octanol–water partition coefficient (Wildman–Crippen LogP) is 3.47. The fourth-order valence-corrected chi connectivity index (χ4v) is 3.26. The van der Waals surface area contributed by atoms with Crippen LogP contribution < -0.4 is 4.74 Å². The van der Waals surface area contributed by atoms with Gasteiger partial charge in [0.25, 0.3) is 5.91 Å². The fourth-order valence-electron chi connectivity index (χ4n) is 3.26. The molecule has 144 valence electrons. The minimum absolute atomic E-state index is 0.0578. The summed E-state index contributed by atoms with van der Waals surface area (Å²) in [6, 6.07) is 13.7. The van der Waals surface area contributed by atoms with E-state index < -0.39 is 0 Å². The molecule has 1 amide bonds. The molecule has 0 radical (unpaired) electrons. The van der Waals surface area contributed by atoms with Gasteiger partial charge in [0.2, 0.25) is 0 Å². The molecule has 1 aliphatic carbocycles. The maximum atomic E-state index is 12.9. The molecular weight excluding hydrogens is 352 g/mol. The Morgan fingerprint density at radius 1 is 1.21 bits per heavy atom. The normalized spacial score (nSPS) is 13.4. The largest absolute Gasteiger partial charge is 0.497 e. The number of hydrogen-bond acceptors (Lipinski definition) is 4. The monoisotopic (exact) mass is 376 g/mol. The molecule has 0 spiro atoms. The van der Waals surface area contributed by atoms with Crippen molar-refractivity contribution in [1.29, 1.82) is 0 Å². The number of carbonyl (C=O) groups is 1. The molecule has 1 aliphatic rings. The molecule has 0 atom stereocenters. The van der Waals surface area contributed by atoms with Crippen molar-refractivity contribution in [2.45, 2.75) is 25.2 Å². The molecular formula is C22H24N4O2. The standard InChI is InChI=1S/C22H24N4O2/c1-25(13-10-16-8-11-23-12-9-16)22(27)20-15-21(17-6-7-17)26(24-20)18-4-3-5-19(14-18)28-2/h3-5,8-9,11-12,14-15,17H,6-7,10,13H2,1-2H3. The van der Waals surface area contributed by atoms with E-state index in [2.05, 4.69) is 10.1 Å². The molecule has 0 aliphatic heterocycles. The number of rotatable bonds is 7. The maximum Gasteiger partial charge on any atom is 0.274 e. The van der Waals surface area contributed by atoms with E-state index in [4.69, 9.17) is 4.74 Å². The van der Waals surface area contributed by atoms with Gasteiger partial charge in [0.1, 0.15) is 5.75 Å². The summed E-state index contributed by atoms with van der Waals surface area (Å²) in [6.07, 6.45) is 6.61. The molecule has 2 heterocycles. The van der Waals surface area contributed by atoms with Gasteiger partial charge in [-0.2, -0.15) is 5.10 Å². The van der Waals surface area contributed by atoms with Crippen LogP contribution in [0.4, 0.5) is 0 Å². The number of amides is 1. The van der Waals surface area contributed by atoms with Crippen LogP contribution in [0.15, 0.2) is 54.9 Å². The van der Waals surface area contributed by atoms with Gasteiger partial charge in [-0.1, -0.05) is 6.07 Å². The van der Waals surface area contributed by atoms with Crippen molar-refractivity contribution >= 4 is 5.91 Å². The summed E-state index contributed by atoms with van der Waals surface area (Å²) in [5.74, 6) is 1.19. The van der Waals surface area contributed by atoms with Crippen LogP contribution in [0.5, 0.6) is 5.75 Å². The Labute approximate surface area is 164 Å². The van der Waals surface area contributed by atoms with E-state index in [1.54, 1.807) is 24.4 Å². The minimum Gasteiger partial charge on any atom is -0.497 e. The molecule has 2 aromatic heterocycles. The summed E-state index contributed by atoms with van der Waals surface area (Å²) in [6.45, 7) is 0.633. The maximum absolute atomic E-state index is 12.9. The quantitative estimate of drug-likeness (QED) is 0.634. The Bertz CT molecular complexity index is 964. The SMILES string of the molecule is COc1cccc(-n2nc(C(=O)N(C)CCc3ccncc3)cc2C2CC2)c1. The Morgan fingerprint density at radius 2 is 2.00 bits per heavy atom. The summed E-state index contributed by atoms with van der Waals surface area (Å²) >= 11 is 0. The Balaban J connectivity index is 1.55. The summed E-state index contributed by atoms with van der Waals surface area (Å²) in [5, 5.41) is 4.65. The summed E-state index contributed by atoms with van der Waals surface area (Å²) in [7, 11) is 3.47. The smallest absolute Gasteiger partial charge is 0.274 e. The van der Waals surface area contributed by atoms with Crippen molar-refractivity contribution in [1.82, 2.24) is 19.7 Å². The lowest BCUT2D eigenvalue weighted by atomic mass is 10.2. The van der Waals surface area contributed by atoms with E-state index in [0.717, 1.165) is 42.0 Å². The molecule has 3 aromatic rings. The molecule has 28 heavy (non-hydrogen) atoms. The first-order chi connectivity index (χ1) is 13.7. The molecule has 0 unspecified atom stereocenters. The fraction of sp³-hybridized carbons (Fsp3) is 0.318. The van der Waals surface area contributed by atoms with Gasteiger partial charge in [0.05, 0.1) is 12.8 Å². The Kier molecular flexibility index (Phi) is 5.10. The first-order valence-corrected chi connectivity index (χ1v) is 9.54. The molecule has 1 aromatic carbocycles. The van der Waals surface area contributed by atoms with Gasteiger partial charge in [0, 0.05) is 43.7 Å². The predicted molar refractivity (Wildman–Crippen MR) is 107 cm³/mol. The van der Waals surface area contributed by atoms with Gasteiger partial charge in [-0.05, 0) is 55.2 Å². The summed E-state index contributed by atoms with van der Waals surface area (Å²) in [4.78, 5) is 18.7. The first-order valence-electron chi connectivity index (χ1n) is 9.54. The van der Waals surface area contributed by atoms with Crippen molar-refractivity contribution in [3.05, 3.63) is 71.8 Å². The summed E-state index contributed by atoms with van der Waals surface area (Å²) < 4.78 is 7.23. The van der Waals surface area contributed by atoms with Crippen LogP contribution in [-0.4, -0.2) is 46.3 Å². The molecule has 6 heteroatoms. The average Bonchev–Trinajstić information content (AvgIpc) is 3.50. The van der Waals surface area contributed by atoms with Crippen LogP contribution in [0.3, 0.4) is 0 Å². The van der Waals surface area contributed by atoms with E-state index in [1.165, 1.54) is 0 Å². The van der Waals surface area contributed by atoms with E-state index in [0.29, 0.717) is 18.2 Å². The average molecular weight is 376 g/mol. The van der Waals surface area contributed by atoms with Crippen LogP contribution in [0.25, 0.3) is 5.69 Å². The van der Waals surface area contributed by atoms with Gasteiger partial charge in [-0.25, -0.2) is 4.68 Å². The molecule has 1 fully saturated rings. The third-order valence-electron chi connectivity index (χ3n) is 5.08. The highest BCUT2D eigenvalue weighted by Gasteiger charge is 2.30. The molecule has 1 saturated carbocycles. The van der Waals surface area contributed by atoms with Gasteiger partial charge in [-0.15, -0.1) is 0 Å². The highest BCUT2D eigenvalue weighted by Crippen LogP contribution is 2.41. The van der Waals surface area contributed by atoms with Crippen LogP contribution in [0.1, 0.15) is 40.5 Å². The van der Waals surface area contributed by atoms with E-state index in [-0.39, 0.29) is 5.91 Å². The van der Waals surface area contributed by atoms with Crippen LogP contribution in [0.2, 0.25) is 0 Å². The zero-order chi connectivity index (χ0) is 19.5. The number of aromatic nitrogens is 3. The van der Waals surface area contributed by atoms with Crippen molar-refractivity contribution in [2.75, 3.05) is 20.7 Å². The summed E-state index contributed by atoms with van der Waals surface area (Å²) in [5.41, 5.74) is 3.66. The van der Waals surface area contributed by atoms with E-state index in [9.17, 15) is 4.79 Å². The topological polar surface area (TPSA) is 60.3 Å². The molecule has 6 nitrogen and oxygen atoms in total. The number of carbonyl (C=O) groups excluding carboxylic acids is 1. The van der Waals surface area contributed by atoms with Crippen molar-refractivity contribution < 1.29 is 9.53 Å². The second-order valence-corrected chi connectivity index (χ2v) is 7.17. The number of benzene rings is 1. The number of likely N-dealkylation sites (N-methyl/N-ethyl adjacent to an activating group) is 1. The van der Waals surface area contributed by atoms with Gasteiger partial charge in [0.15, 0.2) is 5.69 Å². The zero-order valence-electron chi connectivity index (χ0n) is 16.2. The van der Waals surface area contributed by atoms with Crippen molar-refractivity contribution in [3.8, 4) is 11.4 Å². The molecule has 0 bridgehead atoms. The lowest BCUT2D eigenvalue weighted by Crippen LogP contribution is -2.29. The molecule has 0 N–H and O–H groups in total. The highest BCUT2D eigenvalue weighted by molar-refractivity contribution is 5.92. The zero-order valence-corrected chi connectivity index (χ0v) is 16.2. The van der Waals surface area contributed by atoms with E-state index >= 15 is 0 Å². The van der Waals surface area contributed by atoms with Crippen LogP contribution >= 0.6 is 0 Å². The number of pyridine rings is 1. The van der Waals surface area contributed by atoms with Gasteiger partial charge < -0.3 is 9.64 Å². The molecule has 4 rings (SSSR count). The van der Waals surface area contributed by atoms with E-state index in [1.807, 2.05) is 54.2 Å². The number of ether oxygens (including phenoxy) is 1. The van der Waals surface area contributed by atoms with Crippen LogP contribution in [0, 0.1) is 0 Å². The lowest BCUT2D eigenvalue weighted by Gasteiger charge is -2.15. The van der Waals surface area contributed by atoms with Gasteiger partial charge in [-0.3, -0.25) is 9.78 Å². The van der Waals surface area contributed by atoms with Crippen LogP contribution in [-0.2, 0) is 6.42 Å². The molecule has 0 saturated heterocycles.